The van der Waals surface area contributed by atoms with Gasteiger partial charge in [-0.3, -0.25) is 0 Å². The highest BCUT2D eigenvalue weighted by molar-refractivity contribution is 6.11. The number of hydrogen-bond donors (Lipinski definition) is 0. The summed E-state index contributed by atoms with van der Waals surface area (Å²) in [5.74, 6) is 1.89. The molecule has 0 bridgehead atoms. The number of aromatic nitrogens is 4. The average Bonchev–Trinajstić information content (AvgIpc) is 3.68. The van der Waals surface area contributed by atoms with Gasteiger partial charge in [0.1, 0.15) is 0 Å². The minimum absolute atomic E-state index is 0.618. The van der Waals surface area contributed by atoms with Crippen LogP contribution in [0.25, 0.3) is 106 Å². The van der Waals surface area contributed by atoms with Crippen molar-refractivity contribution in [1.29, 1.82) is 5.26 Å². The number of rotatable bonds is 7. The molecule has 0 radical (unpaired) electrons. The zero-order chi connectivity index (χ0) is 40.7. The van der Waals surface area contributed by atoms with Crippen molar-refractivity contribution in [2.75, 3.05) is 0 Å². The van der Waals surface area contributed by atoms with Gasteiger partial charge in [-0.2, -0.15) is 5.26 Å². The van der Waals surface area contributed by atoms with Crippen molar-refractivity contribution < 1.29 is 0 Å². The quantitative estimate of drug-likeness (QED) is 0.162. The third kappa shape index (κ3) is 6.50. The normalized spacial score (nSPS) is 11.3. The Kier molecular flexibility index (Phi) is 8.80. The van der Waals surface area contributed by atoms with Gasteiger partial charge in [0.25, 0.3) is 0 Å². The number of para-hydroxylation sites is 2. The molecule has 11 rings (SSSR count). The van der Waals surface area contributed by atoms with E-state index < -0.39 is 0 Å². The minimum atomic E-state index is 0.618. The summed E-state index contributed by atoms with van der Waals surface area (Å²) in [6.07, 6.45) is 0. The first-order valence-corrected chi connectivity index (χ1v) is 20.3. The smallest absolute Gasteiger partial charge is 0.164 e. The minimum Gasteiger partial charge on any atom is -0.309 e. The molecule has 0 saturated carbocycles. The summed E-state index contributed by atoms with van der Waals surface area (Å²) in [6, 6.07) is 75.8. The van der Waals surface area contributed by atoms with Gasteiger partial charge in [0, 0.05) is 33.2 Å². The zero-order valence-electron chi connectivity index (χ0n) is 32.9. The molecule has 0 atom stereocenters. The van der Waals surface area contributed by atoms with E-state index in [4.69, 9.17) is 15.0 Å². The van der Waals surface area contributed by atoms with E-state index in [1.165, 1.54) is 10.8 Å². The monoisotopic (exact) mass is 777 g/mol. The Morgan fingerprint density at radius 1 is 0.328 bits per heavy atom. The molecule has 0 spiro atoms. The van der Waals surface area contributed by atoms with Crippen LogP contribution in [0.2, 0.25) is 0 Å². The number of benzene rings is 9. The van der Waals surface area contributed by atoms with Gasteiger partial charge >= 0.3 is 0 Å². The summed E-state index contributed by atoms with van der Waals surface area (Å²) >= 11 is 0. The first-order valence-electron chi connectivity index (χ1n) is 20.3. The van der Waals surface area contributed by atoms with Crippen molar-refractivity contribution in [3.8, 4) is 79.3 Å². The van der Waals surface area contributed by atoms with E-state index in [9.17, 15) is 5.26 Å². The van der Waals surface area contributed by atoms with E-state index >= 15 is 0 Å². The van der Waals surface area contributed by atoms with Crippen LogP contribution >= 0.6 is 0 Å². The SMILES string of the molecule is N#Cc1cc(-c2ccc3c(c2)c2ccccc2n3-c2ccccc2)cc(-c2ccc(-c3ccc(-c4nc(-c5ccccc5)nc(-c5ccccc5)n4)cc3)c3ccccc23)c1. The molecule has 11 aromatic rings. The molecule has 0 saturated heterocycles. The summed E-state index contributed by atoms with van der Waals surface area (Å²) in [5, 5.41) is 14.9. The maximum absolute atomic E-state index is 10.3. The summed E-state index contributed by atoms with van der Waals surface area (Å²) in [4.78, 5) is 14.7. The lowest BCUT2D eigenvalue weighted by atomic mass is 9.90. The molecule has 0 unspecified atom stereocenters. The molecular weight excluding hydrogens is 743 g/mol. The molecule has 9 aromatic carbocycles. The van der Waals surface area contributed by atoms with Gasteiger partial charge in [-0.15, -0.1) is 0 Å². The van der Waals surface area contributed by atoms with Gasteiger partial charge in [0.05, 0.1) is 22.7 Å². The van der Waals surface area contributed by atoms with E-state index in [2.05, 4.69) is 144 Å². The first kappa shape index (κ1) is 35.7. The lowest BCUT2D eigenvalue weighted by molar-refractivity contribution is 1.07. The predicted molar refractivity (Wildman–Crippen MR) is 249 cm³/mol. The third-order valence-electron chi connectivity index (χ3n) is 11.5. The van der Waals surface area contributed by atoms with Gasteiger partial charge in [-0.1, -0.05) is 164 Å². The molecule has 0 aliphatic rings. The molecular formula is C56H35N5. The maximum atomic E-state index is 10.3. The fraction of sp³-hybridized carbons (Fsp3) is 0. The molecule has 61 heavy (non-hydrogen) atoms. The number of nitrogens with zero attached hydrogens (tertiary/aromatic N) is 5. The van der Waals surface area contributed by atoms with Crippen molar-refractivity contribution in [3.05, 3.63) is 218 Å². The van der Waals surface area contributed by atoms with Crippen molar-refractivity contribution in [2.45, 2.75) is 0 Å². The van der Waals surface area contributed by atoms with Crippen molar-refractivity contribution in [2.24, 2.45) is 0 Å². The topological polar surface area (TPSA) is 67.4 Å². The first-order chi connectivity index (χ1) is 30.2. The standard InChI is InChI=1S/C56H35N5/c57-36-37-32-43(42-28-31-53-51(35-42)50-22-12-13-23-52(50)61(53)45-18-8-3-9-19-45)34-44(33-37)47-30-29-46(48-20-10-11-21-49(47)48)38-24-26-41(27-25-38)56-59-54(39-14-4-1-5-15-39)58-55(60-56)40-16-6-2-7-17-40/h1-35H. The molecule has 0 fully saturated rings. The van der Waals surface area contributed by atoms with Gasteiger partial charge in [-0.25, -0.2) is 15.0 Å². The largest absolute Gasteiger partial charge is 0.309 e. The van der Waals surface area contributed by atoms with Crippen molar-refractivity contribution in [3.63, 3.8) is 0 Å². The van der Waals surface area contributed by atoms with Gasteiger partial charge in [0.15, 0.2) is 17.5 Å². The lowest BCUT2D eigenvalue weighted by Gasteiger charge is -2.14. The number of fused-ring (bicyclic) bond motifs is 4. The summed E-state index contributed by atoms with van der Waals surface area (Å²) in [7, 11) is 0. The third-order valence-corrected chi connectivity index (χ3v) is 11.5. The van der Waals surface area contributed by atoms with Gasteiger partial charge in [0.2, 0.25) is 0 Å². The predicted octanol–water partition coefficient (Wildman–Crippen LogP) is 14.0. The van der Waals surface area contributed by atoms with E-state index in [0.29, 0.717) is 23.0 Å². The van der Waals surface area contributed by atoms with E-state index in [0.717, 1.165) is 77.6 Å². The molecule has 0 aliphatic heterocycles. The molecule has 2 aromatic heterocycles. The highest BCUT2D eigenvalue weighted by Gasteiger charge is 2.17. The van der Waals surface area contributed by atoms with Crippen LogP contribution in [0.4, 0.5) is 0 Å². The second kappa shape index (κ2) is 15.0. The van der Waals surface area contributed by atoms with E-state index in [1.54, 1.807) is 0 Å². The lowest BCUT2D eigenvalue weighted by Crippen LogP contribution is -2.00. The van der Waals surface area contributed by atoms with Crippen LogP contribution in [0.3, 0.4) is 0 Å². The van der Waals surface area contributed by atoms with E-state index in [1.807, 2.05) is 78.9 Å². The van der Waals surface area contributed by atoms with Crippen molar-refractivity contribution >= 4 is 32.6 Å². The molecule has 0 N–H and O–H groups in total. The van der Waals surface area contributed by atoms with Crippen LogP contribution in [-0.2, 0) is 0 Å². The Hall–Kier alpha value is -8.46. The number of hydrogen-bond acceptors (Lipinski definition) is 4. The van der Waals surface area contributed by atoms with Gasteiger partial charge < -0.3 is 4.57 Å². The summed E-state index contributed by atoms with van der Waals surface area (Å²) < 4.78 is 2.32. The molecule has 5 nitrogen and oxygen atoms in total. The Balaban J connectivity index is 0.977. The van der Waals surface area contributed by atoms with Crippen LogP contribution in [0.15, 0.2) is 212 Å². The second-order valence-electron chi connectivity index (χ2n) is 15.2. The Bertz CT molecular complexity index is 3400. The zero-order valence-corrected chi connectivity index (χ0v) is 32.9. The van der Waals surface area contributed by atoms with Crippen LogP contribution in [0.5, 0.6) is 0 Å². The Morgan fingerprint density at radius 2 is 0.787 bits per heavy atom. The molecule has 284 valence electrons. The fourth-order valence-electron chi connectivity index (χ4n) is 8.56. The Morgan fingerprint density at radius 3 is 1.39 bits per heavy atom. The Labute approximate surface area is 353 Å². The van der Waals surface area contributed by atoms with E-state index in [-0.39, 0.29) is 0 Å². The van der Waals surface area contributed by atoms with Crippen molar-refractivity contribution in [1.82, 2.24) is 19.5 Å². The summed E-state index contributed by atoms with van der Waals surface area (Å²) in [5.41, 5.74) is 13.2. The summed E-state index contributed by atoms with van der Waals surface area (Å²) in [6.45, 7) is 0. The molecule has 0 amide bonds. The van der Waals surface area contributed by atoms with Crippen LogP contribution in [0, 0.1) is 11.3 Å². The van der Waals surface area contributed by atoms with Gasteiger partial charge in [-0.05, 0) is 92.7 Å². The highest BCUT2D eigenvalue weighted by atomic mass is 15.0. The van der Waals surface area contributed by atoms with Crippen LogP contribution in [-0.4, -0.2) is 19.5 Å². The van der Waals surface area contributed by atoms with Crippen LogP contribution < -0.4 is 0 Å². The highest BCUT2D eigenvalue weighted by Crippen LogP contribution is 2.40. The fourth-order valence-corrected chi connectivity index (χ4v) is 8.56. The maximum Gasteiger partial charge on any atom is 0.164 e. The number of nitriles is 1. The van der Waals surface area contributed by atoms with Crippen LogP contribution in [0.1, 0.15) is 5.56 Å². The average molecular weight is 778 g/mol. The molecule has 5 heteroatoms. The molecule has 0 aliphatic carbocycles. The second-order valence-corrected chi connectivity index (χ2v) is 15.2. The molecule has 2 heterocycles.